The molecule has 1 heterocycles. The first-order valence-corrected chi connectivity index (χ1v) is 5.08. The zero-order valence-corrected chi connectivity index (χ0v) is 7.96. The van der Waals surface area contributed by atoms with Crippen LogP contribution < -0.4 is 0 Å². The van der Waals surface area contributed by atoms with Crippen LogP contribution in [-0.2, 0) is 4.74 Å². The van der Waals surface area contributed by atoms with Crippen molar-refractivity contribution in [3.8, 4) is 0 Å². The fraction of sp³-hybridized carbons (Fsp3) is 1.00. The maximum absolute atomic E-state index is 9.01. The molecule has 1 fully saturated rings. The van der Waals surface area contributed by atoms with Gasteiger partial charge in [0, 0.05) is 6.61 Å². The number of ether oxygens (including phenoxy) is 1. The molecular weight excluding hydrogens is 152 g/mol. The van der Waals surface area contributed by atoms with Crippen LogP contribution in [0.15, 0.2) is 0 Å². The molecule has 0 bridgehead atoms. The molecule has 0 saturated carbocycles. The first-order chi connectivity index (χ1) is 5.79. The summed E-state index contributed by atoms with van der Waals surface area (Å²) in [5.41, 5.74) is 0. The van der Waals surface area contributed by atoms with Gasteiger partial charge in [0.25, 0.3) is 0 Å². The molecule has 0 spiro atoms. The number of hydrogen-bond acceptors (Lipinski definition) is 2. The SMILES string of the molecule is C[C@H](O)CCCC[C@H]1CCCO1. The van der Waals surface area contributed by atoms with Gasteiger partial charge >= 0.3 is 0 Å². The van der Waals surface area contributed by atoms with Crippen LogP contribution in [-0.4, -0.2) is 23.9 Å². The third kappa shape index (κ3) is 4.07. The van der Waals surface area contributed by atoms with Crippen LogP contribution in [0, 0.1) is 0 Å². The van der Waals surface area contributed by atoms with Crippen LogP contribution in [0.1, 0.15) is 45.4 Å². The highest BCUT2D eigenvalue weighted by Gasteiger charge is 2.14. The van der Waals surface area contributed by atoms with Gasteiger partial charge in [-0.25, -0.2) is 0 Å². The summed E-state index contributed by atoms with van der Waals surface area (Å²) in [6.07, 6.45) is 7.34. The maximum Gasteiger partial charge on any atom is 0.0576 e. The average molecular weight is 172 g/mol. The summed E-state index contributed by atoms with van der Waals surface area (Å²) in [4.78, 5) is 0. The molecule has 0 aromatic carbocycles. The van der Waals surface area contributed by atoms with Gasteiger partial charge in [-0.05, 0) is 32.6 Å². The Hall–Kier alpha value is -0.0800. The van der Waals surface area contributed by atoms with Crippen LogP contribution >= 0.6 is 0 Å². The van der Waals surface area contributed by atoms with Gasteiger partial charge in [-0.3, -0.25) is 0 Å². The van der Waals surface area contributed by atoms with Crippen LogP contribution in [0.3, 0.4) is 0 Å². The number of unbranched alkanes of at least 4 members (excludes halogenated alkanes) is 1. The Bertz CT molecular complexity index is 106. The van der Waals surface area contributed by atoms with E-state index in [1.54, 1.807) is 0 Å². The fourth-order valence-electron chi connectivity index (χ4n) is 1.68. The van der Waals surface area contributed by atoms with Crippen LogP contribution in [0.5, 0.6) is 0 Å². The summed E-state index contributed by atoms with van der Waals surface area (Å²) in [5.74, 6) is 0. The van der Waals surface area contributed by atoms with Gasteiger partial charge in [-0.2, -0.15) is 0 Å². The van der Waals surface area contributed by atoms with E-state index in [4.69, 9.17) is 9.84 Å². The van der Waals surface area contributed by atoms with Crippen molar-refractivity contribution >= 4 is 0 Å². The van der Waals surface area contributed by atoms with E-state index in [1.165, 1.54) is 25.7 Å². The second-order valence-corrected chi connectivity index (χ2v) is 3.77. The van der Waals surface area contributed by atoms with E-state index in [1.807, 2.05) is 6.92 Å². The molecule has 0 aromatic rings. The summed E-state index contributed by atoms with van der Waals surface area (Å²) in [6, 6.07) is 0. The maximum atomic E-state index is 9.01. The van der Waals surface area contributed by atoms with Crippen LogP contribution in [0.25, 0.3) is 0 Å². The average Bonchev–Trinajstić information content (AvgIpc) is 2.49. The van der Waals surface area contributed by atoms with E-state index in [2.05, 4.69) is 0 Å². The molecule has 2 atom stereocenters. The van der Waals surface area contributed by atoms with Gasteiger partial charge in [0.15, 0.2) is 0 Å². The van der Waals surface area contributed by atoms with E-state index >= 15 is 0 Å². The number of rotatable bonds is 5. The quantitative estimate of drug-likeness (QED) is 0.643. The molecule has 2 heteroatoms. The van der Waals surface area contributed by atoms with Gasteiger partial charge in [-0.15, -0.1) is 0 Å². The third-order valence-corrected chi connectivity index (χ3v) is 2.42. The normalized spacial score (nSPS) is 26.0. The molecular formula is C10H20O2. The zero-order valence-electron chi connectivity index (χ0n) is 7.96. The lowest BCUT2D eigenvalue weighted by Gasteiger charge is -2.08. The Kier molecular flexibility index (Phi) is 4.62. The van der Waals surface area contributed by atoms with Crippen LogP contribution in [0.4, 0.5) is 0 Å². The summed E-state index contributed by atoms with van der Waals surface area (Å²) in [6.45, 7) is 2.81. The highest BCUT2D eigenvalue weighted by molar-refractivity contribution is 4.64. The summed E-state index contributed by atoms with van der Waals surface area (Å²) in [7, 11) is 0. The molecule has 12 heavy (non-hydrogen) atoms. The number of aliphatic hydroxyl groups excluding tert-OH is 1. The minimum absolute atomic E-state index is 0.130. The molecule has 1 rings (SSSR count). The molecule has 2 nitrogen and oxygen atoms in total. The summed E-state index contributed by atoms with van der Waals surface area (Å²) in [5, 5.41) is 9.01. The van der Waals surface area contributed by atoms with Gasteiger partial charge in [0.2, 0.25) is 0 Å². The molecule has 0 unspecified atom stereocenters. The van der Waals surface area contributed by atoms with E-state index in [0.717, 1.165) is 19.4 Å². The zero-order chi connectivity index (χ0) is 8.81. The second kappa shape index (κ2) is 5.55. The summed E-state index contributed by atoms with van der Waals surface area (Å²) >= 11 is 0. The third-order valence-electron chi connectivity index (χ3n) is 2.42. The lowest BCUT2D eigenvalue weighted by atomic mass is 10.1. The number of hydrogen-bond donors (Lipinski definition) is 1. The second-order valence-electron chi connectivity index (χ2n) is 3.77. The molecule has 0 radical (unpaired) electrons. The Morgan fingerprint density at radius 1 is 1.50 bits per heavy atom. The van der Waals surface area contributed by atoms with Crippen molar-refractivity contribution in [2.45, 2.75) is 57.7 Å². The molecule has 0 aliphatic carbocycles. The van der Waals surface area contributed by atoms with E-state index in [0.29, 0.717) is 6.10 Å². The highest BCUT2D eigenvalue weighted by atomic mass is 16.5. The molecule has 0 aromatic heterocycles. The molecule has 1 saturated heterocycles. The number of aliphatic hydroxyl groups is 1. The van der Waals surface area contributed by atoms with Crippen molar-refractivity contribution in [2.24, 2.45) is 0 Å². The topological polar surface area (TPSA) is 29.5 Å². The standard InChI is InChI=1S/C10H20O2/c1-9(11)5-2-3-6-10-7-4-8-12-10/h9-11H,2-8H2,1H3/t9-,10-/m0/s1. The monoisotopic (exact) mass is 172 g/mol. The molecule has 1 N–H and O–H groups in total. The predicted octanol–water partition coefficient (Wildman–Crippen LogP) is 2.11. The molecule has 0 amide bonds. The Morgan fingerprint density at radius 2 is 2.33 bits per heavy atom. The van der Waals surface area contributed by atoms with E-state index < -0.39 is 0 Å². The molecule has 1 aliphatic heterocycles. The van der Waals surface area contributed by atoms with E-state index in [-0.39, 0.29) is 6.10 Å². The van der Waals surface area contributed by atoms with Crippen molar-refractivity contribution in [1.82, 2.24) is 0 Å². The largest absolute Gasteiger partial charge is 0.393 e. The predicted molar refractivity (Wildman–Crippen MR) is 49.1 cm³/mol. The van der Waals surface area contributed by atoms with E-state index in [9.17, 15) is 0 Å². The molecule has 72 valence electrons. The van der Waals surface area contributed by atoms with Crippen molar-refractivity contribution in [3.05, 3.63) is 0 Å². The van der Waals surface area contributed by atoms with Gasteiger partial charge in [-0.1, -0.05) is 12.8 Å². The first-order valence-electron chi connectivity index (χ1n) is 5.08. The van der Waals surface area contributed by atoms with Gasteiger partial charge in [0.05, 0.1) is 12.2 Å². The van der Waals surface area contributed by atoms with Crippen molar-refractivity contribution in [3.63, 3.8) is 0 Å². The van der Waals surface area contributed by atoms with Crippen molar-refractivity contribution < 1.29 is 9.84 Å². The highest BCUT2D eigenvalue weighted by Crippen LogP contribution is 2.18. The lowest BCUT2D eigenvalue weighted by Crippen LogP contribution is -2.05. The van der Waals surface area contributed by atoms with Crippen LogP contribution in [0.2, 0.25) is 0 Å². The van der Waals surface area contributed by atoms with Crippen molar-refractivity contribution in [1.29, 1.82) is 0 Å². The Morgan fingerprint density at radius 3 is 2.92 bits per heavy atom. The minimum Gasteiger partial charge on any atom is -0.393 e. The smallest absolute Gasteiger partial charge is 0.0576 e. The Labute approximate surface area is 74.9 Å². The van der Waals surface area contributed by atoms with Gasteiger partial charge in [0.1, 0.15) is 0 Å². The van der Waals surface area contributed by atoms with Crippen molar-refractivity contribution in [2.75, 3.05) is 6.61 Å². The minimum atomic E-state index is -0.130. The molecule has 1 aliphatic rings. The fourth-order valence-corrected chi connectivity index (χ4v) is 1.68. The Balaban J connectivity index is 1.88. The summed E-state index contributed by atoms with van der Waals surface area (Å²) < 4.78 is 5.50. The first kappa shape index (κ1) is 10.0. The lowest BCUT2D eigenvalue weighted by molar-refractivity contribution is 0.0999. The van der Waals surface area contributed by atoms with Gasteiger partial charge < -0.3 is 9.84 Å².